The van der Waals surface area contributed by atoms with E-state index in [1.165, 1.54) is 18.4 Å². The van der Waals surface area contributed by atoms with Gasteiger partial charge in [0.15, 0.2) is 0 Å². The zero-order valence-corrected chi connectivity index (χ0v) is 14.2. The van der Waals surface area contributed by atoms with Crippen LogP contribution in [0.5, 0.6) is 0 Å². The molecule has 0 saturated heterocycles. The standard InChI is InChI=1S/C20H24N2O/c1-4-5-6-15-7-10-17(11-8-15)22-14-16-9-12-18(21(2)3)13-19(16)20(22)23/h7-13H,4-6,14H2,1-3H3. The third kappa shape index (κ3) is 3.09. The summed E-state index contributed by atoms with van der Waals surface area (Å²) in [4.78, 5) is 16.6. The average molecular weight is 308 g/mol. The number of carbonyl (C=O) groups excluding carboxylic acids is 1. The molecule has 0 N–H and O–H groups in total. The first-order valence-corrected chi connectivity index (χ1v) is 8.31. The molecule has 3 rings (SSSR count). The van der Waals surface area contributed by atoms with E-state index in [2.05, 4.69) is 43.3 Å². The second kappa shape index (κ2) is 6.45. The van der Waals surface area contributed by atoms with Gasteiger partial charge in [-0.3, -0.25) is 4.79 Å². The van der Waals surface area contributed by atoms with Gasteiger partial charge in [0, 0.05) is 31.0 Å². The third-order valence-electron chi connectivity index (χ3n) is 4.48. The molecule has 1 aliphatic heterocycles. The lowest BCUT2D eigenvalue weighted by Crippen LogP contribution is -2.23. The second-order valence-electron chi connectivity index (χ2n) is 6.40. The highest BCUT2D eigenvalue weighted by atomic mass is 16.2. The Morgan fingerprint density at radius 2 is 1.83 bits per heavy atom. The van der Waals surface area contributed by atoms with Gasteiger partial charge in [-0.1, -0.05) is 31.5 Å². The molecule has 1 heterocycles. The summed E-state index contributed by atoms with van der Waals surface area (Å²) in [6, 6.07) is 14.6. The largest absolute Gasteiger partial charge is 0.378 e. The van der Waals surface area contributed by atoms with Gasteiger partial charge in [0.1, 0.15) is 0 Å². The Morgan fingerprint density at radius 1 is 1.09 bits per heavy atom. The van der Waals surface area contributed by atoms with Crippen molar-refractivity contribution in [1.29, 1.82) is 0 Å². The van der Waals surface area contributed by atoms with Crippen molar-refractivity contribution in [3.63, 3.8) is 0 Å². The number of nitrogens with zero attached hydrogens (tertiary/aromatic N) is 2. The van der Waals surface area contributed by atoms with E-state index in [4.69, 9.17) is 0 Å². The smallest absolute Gasteiger partial charge is 0.259 e. The first-order chi connectivity index (χ1) is 11.1. The van der Waals surface area contributed by atoms with Crippen molar-refractivity contribution in [1.82, 2.24) is 0 Å². The van der Waals surface area contributed by atoms with Crippen LogP contribution in [0.15, 0.2) is 42.5 Å². The molecule has 1 aliphatic rings. The normalized spacial score (nSPS) is 13.3. The number of anilines is 2. The van der Waals surface area contributed by atoms with Gasteiger partial charge >= 0.3 is 0 Å². The zero-order chi connectivity index (χ0) is 16.4. The third-order valence-corrected chi connectivity index (χ3v) is 4.48. The van der Waals surface area contributed by atoms with E-state index in [0.29, 0.717) is 6.54 Å². The van der Waals surface area contributed by atoms with Gasteiger partial charge in [-0.15, -0.1) is 0 Å². The number of aryl methyl sites for hydroxylation is 1. The molecule has 23 heavy (non-hydrogen) atoms. The number of hydrogen-bond acceptors (Lipinski definition) is 2. The minimum atomic E-state index is 0.102. The molecule has 120 valence electrons. The van der Waals surface area contributed by atoms with Crippen LogP contribution >= 0.6 is 0 Å². The molecule has 0 spiro atoms. The van der Waals surface area contributed by atoms with Gasteiger partial charge in [0.25, 0.3) is 5.91 Å². The minimum absolute atomic E-state index is 0.102. The van der Waals surface area contributed by atoms with E-state index in [1.54, 1.807) is 0 Å². The van der Waals surface area contributed by atoms with Crippen LogP contribution in [0.25, 0.3) is 0 Å². The molecular weight excluding hydrogens is 284 g/mol. The maximum Gasteiger partial charge on any atom is 0.259 e. The van der Waals surface area contributed by atoms with Crippen molar-refractivity contribution in [3.05, 3.63) is 59.2 Å². The van der Waals surface area contributed by atoms with Crippen molar-refractivity contribution in [3.8, 4) is 0 Å². The lowest BCUT2D eigenvalue weighted by molar-refractivity contribution is 0.0996. The van der Waals surface area contributed by atoms with Crippen LogP contribution in [-0.4, -0.2) is 20.0 Å². The summed E-state index contributed by atoms with van der Waals surface area (Å²) >= 11 is 0. The Bertz CT molecular complexity index is 704. The van der Waals surface area contributed by atoms with Crippen molar-refractivity contribution < 1.29 is 4.79 Å². The molecule has 1 amide bonds. The molecule has 0 aromatic heterocycles. The summed E-state index contributed by atoms with van der Waals surface area (Å²) in [7, 11) is 3.99. The highest BCUT2D eigenvalue weighted by Gasteiger charge is 2.28. The SMILES string of the molecule is CCCCc1ccc(N2Cc3ccc(N(C)C)cc3C2=O)cc1. The summed E-state index contributed by atoms with van der Waals surface area (Å²) in [6.45, 7) is 2.87. The molecule has 0 aliphatic carbocycles. The number of unbranched alkanes of at least 4 members (excludes halogenated alkanes) is 1. The summed E-state index contributed by atoms with van der Waals surface area (Å²) in [6.07, 6.45) is 3.52. The van der Waals surface area contributed by atoms with Gasteiger partial charge in [0.2, 0.25) is 0 Å². The van der Waals surface area contributed by atoms with E-state index >= 15 is 0 Å². The predicted molar refractivity (Wildman–Crippen MR) is 96.3 cm³/mol. The summed E-state index contributed by atoms with van der Waals surface area (Å²) in [5.41, 5.74) is 5.32. The molecule has 0 atom stereocenters. The van der Waals surface area contributed by atoms with Crippen molar-refractivity contribution >= 4 is 17.3 Å². The quantitative estimate of drug-likeness (QED) is 0.824. The van der Waals surface area contributed by atoms with Crippen LogP contribution in [0, 0.1) is 0 Å². The molecule has 0 unspecified atom stereocenters. The number of carbonyl (C=O) groups is 1. The van der Waals surface area contributed by atoms with Crippen LogP contribution in [0.3, 0.4) is 0 Å². The predicted octanol–water partition coefficient (Wildman–Crippen LogP) is 4.26. The number of fused-ring (bicyclic) bond motifs is 1. The van der Waals surface area contributed by atoms with E-state index in [9.17, 15) is 4.79 Å². The van der Waals surface area contributed by atoms with Crippen LogP contribution in [0.1, 0.15) is 41.3 Å². The number of hydrogen-bond donors (Lipinski definition) is 0. The van der Waals surface area contributed by atoms with E-state index < -0.39 is 0 Å². The highest BCUT2D eigenvalue weighted by Crippen LogP contribution is 2.30. The minimum Gasteiger partial charge on any atom is -0.378 e. The highest BCUT2D eigenvalue weighted by molar-refractivity contribution is 6.10. The molecule has 0 bridgehead atoms. The fourth-order valence-electron chi connectivity index (χ4n) is 3.00. The van der Waals surface area contributed by atoms with E-state index in [0.717, 1.165) is 28.9 Å². The molecule has 0 fully saturated rings. The molecule has 0 saturated carbocycles. The van der Waals surface area contributed by atoms with E-state index in [1.807, 2.05) is 30.0 Å². The second-order valence-corrected chi connectivity index (χ2v) is 6.40. The van der Waals surface area contributed by atoms with Crippen molar-refractivity contribution in [2.24, 2.45) is 0 Å². The Balaban J connectivity index is 1.81. The number of amides is 1. The van der Waals surface area contributed by atoms with Gasteiger partial charge in [0.05, 0.1) is 6.54 Å². The van der Waals surface area contributed by atoms with E-state index in [-0.39, 0.29) is 5.91 Å². The molecule has 2 aromatic carbocycles. The van der Waals surface area contributed by atoms with Crippen molar-refractivity contribution in [2.75, 3.05) is 23.9 Å². The monoisotopic (exact) mass is 308 g/mol. The lowest BCUT2D eigenvalue weighted by Gasteiger charge is -2.16. The Kier molecular flexibility index (Phi) is 4.37. The summed E-state index contributed by atoms with van der Waals surface area (Å²) in [5, 5.41) is 0. The van der Waals surface area contributed by atoms with Crippen LogP contribution in [0.2, 0.25) is 0 Å². The maximum absolute atomic E-state index is 12.7. The van der Waals surface area contributed by atoms with Crippen LogP contribution < -0.4 is 9.80 Å². The Labute approximate surface area is 138 Å². The maximum atomic E-state index is 12.7. The molecule has 3 nitrogen and oxygen atoms in total. The van der Waals surface area contributed by atoms with Gasteiger partial charge in [-0.2, -0.15) is 0 Å². The Morgan fingerprint density at radius 3 is 2.48 bits per heavy atom. The first kappa shape index (κ1) is 15.6. The average Bonchev–Trinajstić information content (AvgIpc) is 2.90. The molecular formula is C20H24N2O. The van der Waals surface area contributed by atoms with Crippen LogP contribution in [0.4, 0.5) is 11.4 Å². The lowest BCUT2D eigenvalue weighted by atomic mass is 10.1. The topological polar surface area (TPSA) is 23.6 Å². The Hall–Kier alpha value is -2.29. The van der Waals surface area contributed by atoms with Gasteiger partial charge < -0.3 is 9.80 Å². The van der Waals surface area contributed by atoms with Crippen molar-refractivity contribution in [2.45, 2.75) is 32.7 Å². The number of benzene rings is 2. The van der Waals surface area contributed by atoms with Crippen LogP contribution in [-0.2, 0) is 13.0 Å². The zero-order valence-electron chi connectivity index (χ0n) is 14.2. The first-order valence-electron chi connectivity index (χ1n) is 8.31. The molecule has 2 aromatic rings. The summed E-state index contributed by atoms with van der Waals surface area (Å²) < 4.78 is 0. The summed E-state index contributed by atoms with van der Waals surface area (Å²) in [5.74, 6) is 0.102. The van der Waals surface area contributed by atoms with Gasteiger partial charge in [-0.25, -0.2) is 0 Å². The number of rotatable bonds is 5. The van der Waals surface area contributed by atoms with Gasteiger partial charge in [-0.05, 0) is 48.2 Å². The molecule has 0 radical (unpaired) electrons. The fourth-order valence-corrected chi connectivity index (χ4v) is 3.00. The fraction of sp³-hybridized carbons (Fsp3) is 0.350. The molecule has 3 heteroatoms.